The topological polar surface area (TPSA) is 46.2 Å². The summed E-state index contributed by atoms with van der Waals surface area (Å²) in [4.78, 5) is 0. The highest BCUT2D eigenvalue weighted by molar-refractivity contribution is 7.93. The average molecular weight is 269 g/mol. The fraction of sp³-hybridized carbons (Fsp3) is 0.571. The highest BCUT2D eigenvalue weighted by atomic mass is 32.2. The van der Waals surface area contributed by atoms with Crippen molar-refractivity contribution in [1.82, 2.24) is 0 Å². The molecule has 1 N–H and O–H groups in total. The molecule has 0 fully saturated rings. The van der Waals surface area contributed by atoms with Crippen LogP contribution in [0.2, 0.25) is 0 Å². The van der Waals surface area contributed by atoms with Crippen LogP contribution < -0.4 is 4.72 Å². The Balaban J connectivity index is 2.90. The minimum Gasteiger partial charge on any atom is -0.283 e. The van der Waals surface area contributed by atoms with Crippen molar-refractivity contribution in [2.45, 2.75) is 46.3 Å². The van der Waals surface area contributed by atoms with Crippen molar-refractivity contribution < 1.29 is 8.42 Å². The van der Waals surface area contributed by atoms with E-state index in [-0.39, 0.29) is 5.41 Å². The molecule has 0 radical (unpaired) electrons. The van der Waals surface area contributed by atoms with Crippen LogP contribution in [0.4, 0.5) is 5.69 Å². The molecule has 0 saturated carbocycles. The molecule has 0 bridgehead atoms. The largest absolute Gasteiger partial charge is 0.283 e. The van der Waals surface area contributed by atoms with Gasteiger partial charge in [0.05, 0.1) is 5.25 Å². The molecule has 0 saturated heterocycles. The van der Waals surface area contributed by atoms with E-state index in [1.165, 1.54) is 0 Å². The zero-order valence-corrected chi connectivity index (χ0v) is 12.6. The molecule has 0 atom stereocenters. The number of nitrogens with one attached hydrogen (secondary N) is 1. The normalized spacial score (nSPS) is 12.8. The van der Waals surface area contributed by atoms with Crippen LogP contribution in [0.1, 0.15) is 40.2 Å². The smallest absolute Gasteiger partial charge is 0.235 e. The molecular formula is C14H23NO2S. The van der Waals surface area contributed by atoms with Gasteiger partial charge in [-0.1, -0.05) is 32.9 Å². The van der Waals surface area contributed by atoms with Crippen molar-refractivity contribution >= 4 is 15.7 Å². The number of benzene rings is 1. The minimum atomic E-state index is -3.26. The summed E-state index contributed by atoms with van der Waals surface area (Å²) in [6.07, 6.45) is 0.921. The summed E-state index contributed by atoms with van der Waals surface area (Å²) in [7, 11) is -3.26. The number of rotatable bonds is 4. The summed E-state index contributed by atoms with van der Waals surface area (Å²) in [6, 6.07) is 7.61. The van der Waals surface area contributed by atoms with Crippen LogP contribution in [0.5, 0.6) is 0 Å². The van der Waals surface area contributed by atoms with Gasteiger partial charge < -0.3 is 0 Å². The van der Waals surface area contributed by atoms with Gasteiger partial charge in [-0.05, 0) is 43.4 Å². The van der Waals surface area contributed by atoms with E-state index in [0.717, 1.165) is 12.0 Å². The van der Waals surface area contributed by atoms with Crippen molar-refractivity contribution in [2.24, 2.45) is 5.41 Å². The third-order valence-corrected chi connectivity index (χ3v) is 4.30. The van der Waals surface area contributed by atoms with E-state index in [9.17, 15) is 8.42 Å². The summed E-state index contributed by atoms with van der Waals surface area (Å²) in [6.45, 7) is 9.83. The molecule has 0 aromatic heterocycles. The van der Waals surface area contributed by atoms with Crippen molar-refractivity contribution in [3.8, 4) is 0 Å². The molecule has 0 unspecified atom stereocenters. The molecule has 102 valence electrons. The van der Waals surface area contributed by atoms with Gasteiger partial charge in [0.25, 0.3) is 0 Å². The van der Waals surface area contributed by atoms with E-state index in [1.54, 1.807) is 19.9 Å². The number of hydrogen-bond acceptors (Lipinski definition) is 2. The average Bonchev–Trinajstić information content (AvgIpc) is 2.13. The molecule has 0 spiro atoms. The van der Waals surface area contributed by atoms with Crippen LogP contribution in [0.25, 0.3) is 0 Å². The molecule has 3 nitrogen and oxygen atoms in total. The Morgan fingerprint density at radius 3 is 2.33 bits per heavy atom. The first-order valence-corrected chi connectivity index (χ1v) is 7.75. The second kappa shape index (κ2) is 5.31. The highest BCUT2D eigenvalue weighted by Gasteiger charge is 2.16. The summed E-state index contributed by atoms with van der Waals surface area (Å²) < 4.78 is 26.2. The second-order valence-corrected chi connectivity index (χ2v) is 8.37. The first-order chi connectivity index (χ1) is 8.10. The van der Waals surface area contributed by atoms with Crippen LogP contribution in [0, 0.1) is 5.41 Å². The Hall–Kier alpha value is -1.03. The third kappa shape index (κ3) is 4.69. The first kappa shape index (κ1) is 15.0. The van der Waals surface area contributed by atoms with E-state index in [4.69, 9.17) is 0 Å². The molecule has 0 aliphatic rings. The molecule has 4 heteroatoms. The van der Waals surface area contributed by atoms with Crippen LogP contribution >= 0.6 is 0 Å². The first-order valence-electron chi connectivity index (χ1n) is 6.21. The number of hydrogen-bond donors (Lipinski definition) is 1. The summed E-state index contributed by atoms with van der Waals surface area (Å²) in [5.41, 5.74) is 1.98. The predicted octanol–water partition coefficient (Wildman–Crippen LogP) is 3.43. The Kier molecular flexibility index (Phi) is 4.43. The van der Waals surface area contributed by atoms with E-state index < -0.39 is 15.3 Å². The van der Waals surface area contributed by atoms with Crippen molar-refractivity contribution in [3.63, 3.8) is 0 Å². The predicted molar refractivity (Wildman–Crippen MR) is 77.3 cm³/mol. The van der Waals surface area contributed by atoms with E-state index in [1.807, 2.05) is 18.2 Å². The Labute approximate surface area is 111 Å². The van der Waals surface area contributed by atoms with E-state index >= 15 is 0 Å². The molecule has 0 aliphatic heterocycles. The zero-order chi connectivity index (χ0) is 14.0. The molecule has 1 aromatic carbocycles. The maximum absolute atomic E-state index is 11.8. The highest BCUT2D eigenvalue weighted by Crippen LogP contribution is 2.23. The molecule has 0 aliphatic carbocycles. The lowest BCUT2D eigenvalue weighted by Crippen LogP contribution is -2.22. The molecule has 1 aromatic rings. The van der Waals surface area contributed by atoms with Gasteiger partial charge in [0.2, 0.25) is 10.0 Å². The lowest BCUT2D eigenvalue weighted by molar-refractivity contribution is 0.411. The Morgan fingerprint density at radius 2 is 1.83 bits per heavy atom. The third-order valence-electron chi connectivity index (χ3n) is 2.54. The van der Waals surface area contributed by atoms with Crippen molar-refractivity contribution in [1.29, 1.82) is 0 Å². The van der Waals surface area contributed by atoms with Gasteiger partial charge in [-0.15, -0.1) is 0 Å². The van der Waals surface area contributed by atoms with Crippen LogP contribution in [0.3, 0.4) is 0 Å². The van der Waals surface area contributed by atoms with Gasteiger partial charge in [0.15, 0.2) is 0 Å². The van der Waals surface area contributed by atoms with Gasteiger partial charge in [0.1, 0.15) is 0 Å². The maximum atomic E-state index is 11.8. The van der Waals surface area contributed by atoms with Gasteiger partial charge in [-0.25, -0.2) is 8.42 Å². The maximum Gasteiger partial charge on any atom is 0.235 e. The summed E-state index contributed by atoms with van der Waals surface area (Å²) in [5.74, 6) is 0. The number of sulfonamides is 1. The zero-order valence-electron chi connectivity index (χ0n) is 11.8. The Bertz CT molecular complexity index is 499. The van der Waals surface area contributed by atoms with Crippen molar-refractivity contribution in [3.05, 3.63) is 29.8 Å². The number of anilines is 1. The van der Waals surface area contributed by atoms with Crippen LogP contribution in [-0.4, -0.2) is 13.7 Å². The van der Waals surface area contributed by atoms with E-state index in [0.29, 0.717) is 5.69 Å². The summed E-state index contributed by atoms with van der Waals surface area (Å²) >= 11 is 0. The van der Waals surface area contributed by atoms with Gasteiger partial charge in [-0.3, -0.25) is 4.72 Å². The van der Waals surface area contributed by atoms with Crippen molar-refractivity contribution in [2.75, 3.05) is 4.72 Å². The van der Waals surface area contributed by atoms with Gasteiger partial charge >= 0.3 is 0 Å². The van der Waals surface area contributed by atoms with Gasteiger partial charge in [0, 0.05) is 5.69 Å². The van der Waals surface area contributed by atoms with Crippen LogP contribution in [-0.2, 0) is 16.4 Å². The quantitative estimate of drug-likeness (QED) is 0.910. The Morgan fingerprint density at radius 1 is 1.22 bits per heavy atom. The summed E-state index contributed by atoms with van der Waals surface area (Å²) in [5, 5.41) is -0.427. The SMILES string of the molecule is CC(C)S(=O)(=O)Nc1cccc(CC(C)(C)C)c1. The van der Waals surface area contributed by atoms with Crippen LogP contribution in [0.15, 0.2) is 24.3 Å². The fourth-order valence-corrected chi connectivity index (χ4v) is 2.33. The molecule has 0 amide bonds. The standard InChI is InChI=1S/C14H23NO2S/c1-11(2)18(16,17)15-13-8-6-7-12(9-13)10-14(3,4)5/h6-9,11,15H,10H2,1-5H3. The fourth-order valence-electron chi connectivity index (χ4n) is 1.64. The molecule has 0 heterocycles. The molecular weight excluding hydrogens is 246 g/mol. The monoisotopic (exact) mass is 269 g/mol. The van der Waals surface area contributed by atoms with E-state index in [2.05, 4.69) is 25.5 Å². The molecule has 1 rings (SSSR count). The van der Waals surface area contributed by atoms with Gasteiger partial charge in [-0.2, -0.15) is 0 Å². The molecule has 18 heavy (non-hydrogen) atoms. The minimum absolute atomic E-state index is 0.190. The second-order valence-electron chi connectivity index (χ2n) is 6.13. The lowest BCUT2D eigenvalue weighted by atomic mass is 9.88. The lowest BCUT2D eigenvalue weighted by Gasteiger charge is -2.19.